The topological polar surface area (TPSA) is 15.3 Å². The molecule has 2 rings (SSSR count). The Kier molecular flexibility index (Phi) is 6.53. The molecule has 20 heavy (non-hydrogen) atoms. The Morgan fingerprint density at radius 3 is 2.85 bits per heavy atom. The Morgan fingerprint density at radius 1 is 1.35 bits per heavy atom. The van der Waals surface area contributed by atoms with Crippen molar-refractivity contribution in [3.63, 3.8) is 0 Å². The molecule has 1 aliphatic heterocycles. The summed E-state index contributed by atoms with van der Waals surface area (Å²) >= 11 is 1.99. The van der Waals surface area contributed by atoms with Gasteiger partial charge in [0.25, 0.3) is 0 Å². The molecule has 0 aliphatic carbocycles. The van der Waals surface area contributed by atoms with Gasteiger partial charge in [-0.1, -0.05) is 20.8 Å². The minimum Gasteiger partial charge on any atom is -0.316 e. The van der Waals surface area contributed by atoms with Crippen LogP contribution in [0.3, 0.4) is 0 Å². The van der Waals surface area contributed by atoms with Crippen molar-refractivity contribution in [2.45, 2.75) is 46.6 Å². The summed E-state index contributed by atoms with van der Waals surface area (Å²) in [5.74, 6) is 1.60. The highest BCUT2D eigenvalue weighted by atomic mass is 32.1. The van der Waals surface area contributed by atoms with Crippen LogP contribution in [0, 0.1) is 11.8 Å². The van der Waals surface area contributed by atoms with Crippen molar-refractivity contribution in [2.24, 2.45) is 11.8 Å². The third-order valence-electron chi connectivity index (χ3n) is 4.03. The molecule has 3 heteroatoms. The van der Waals surface area contributed by atoms with Gasteiger partial charge in [-0.15, -0.1) is 11.3 Å². The van der Waals surface area contributed by atoms with Crippen molar-refractivity contribution in [1.82, 2.24) is 10.2 Å². The Hall–Kier alpha value is -0.380. The van der Waals surface area contributed by atoms with Gasteiger partial charge < -0.3 is 5.32 Å². The molecule has 1 N–H and O–H groups in total. The predicted octanol–water partition coefficient (Wildman–Crippen LogP) is 3.77. The van der Waals surface area contributed by atoms with Crippen LogP contribution in [0.15, 0.2) is 12.1 Å². The lowest BCUT2D eigenvalue weighted by molar-refractivity contribution is 0.166. The van der Waals surface area contributed by atoms with E-state index in [2.05, 4.69) is 43.1 Å². The van der Waals surface area contributed by atoms with E-state index in [0.29, 0.717) is 0 Å². The van der Waals surface area contributed by atoms with Gasteiger partial charge in [-0.2, -0.15) is 0 Å². The lowest BCUT2D eigenvalue weighted by Gasteiger charge is -2.32. The van der Waals surface area contributed by atoms with Gasteiger partial charge in [-0.25, -0.2) is 0 Å². The molecule has 114 valence electrons. The van der Waals surface area contributed by atoms with E-state index in [1.807, 2.05) is 11.3 Å². The quantitative estimate of drug-likeness (QED) is 0.823. The smallest absolute Gasteiger partial charge is 0.0328 e. The number of rotatable bonds is 7. The first kappa shape index (κ1) is 16.0. The average molecular weight is 295 g/mol. The summed E-state index contributed by atoms with van der Waals surface area (Å²) < 4.78 is 0. The second-order valence-electron chi connectivity index (χ2n) is 6.52. The number of piperidine rings is 1. The van der Waals surface area contributed by atoms with E-state index < -0.39 is 0 Å². The molecule has 1 aromatic rings. The maximum Gasteiger partial charge on any atom is 0.0328 e. The lowest BCUT2D eigenvalue weighted by Crippen LogP contribution is -2.39. The van der Waals surface area contributed by atoms with Gasteiger partial charge in [-0.05, 0) is 62.9 Å². The van der Waals surface area contributed by atoms with Crippen LogP contribution in [0.4, 0.5) is 0 Å². The predicted molar refractivity (Wildman–Crippen MR) is 89.4 cm³/mol. The number of thiophene rings is 1. The second-order valence-corrected chi connectivity index (χ2v) is 7.77. The van der Waals surface area contributed by atoms with Gasteiger partial charge in [0.1, 0.15) is 0 Å². The monoisotopic (exact) mass is 294 g/mol. The van der Waals surface area contributed by atoms with E-state index in [-0.39, 0.29) is 0 Å². The van der Waals surface area contributed by atoms with E-state index in [9.17, 15) is 0 Å². The van der Waals surface area contributed by atoms with Crippen LogP contribution >= 0.6 is 11.3 Å². The van der Waals surface area contributed by atoms with Gasteiger partial charge in [-0.3, -0.25) is 4.90 Å². The molecule has 1 saturated heterocycles. The van der Waals surface area contributed by atoms with Crippen LogP contribution in [0.25, 0.3) is 0 Å². The van der Waals surface area contributed by atoms with Crippen LogP contribution in [0.5, 0.6) is 0 Å². The highest BCUT2D eigenvalue weighted by Crippen LogP contribution is 2.22. The zero-order chi connectivity index (χ0) is 14.4. The molecule has 1 aliphatic rings. The third kappa shape index (κ3) is 5.19. The first-order valence-corrected chi connectivity index (χ1v) is 8.99. The highest BCUT2D eigenvalue weighted by Gasteiger charge is 2.20. The minimum absolute atomic E-state index is 0.758. The number of nitrogens with one attached hydrogen (secondary N) is 1. The highest BCUT2D eigenvalue weighted by molar-refractivity contribution is 7.11. The number of nitrogens with zero attached hydrogens (tertiary/aromatic N) is 1. The van der Waals surface area contributed by atoms with Gasteiger partial charge >= 0.3 is 0 Å². The van der Waals surface area contributed by atoms with E-state index >= 15 is 0 Å². The zero-order valence-electron chi connectivity index (χ0n) is 13.3. The van der Waals surface area contributed by atoms with Crippen LogP contribution in [-0.2, 0) is 13.0 Å². The number of aryl methyl sites for hydroxylation is 1. The maximum atomic E-state index is 3.63. The lowest BCUT2D eigenvalue weighted by atomic mass is 9.98. The normalized spacial score (nSPS) is 20.7. The van der Waals surface area contributed by atoms with Gasteiger partial charge in [0, 0.05) is 22.8 Å². The van der Waals surface area contributed by atoms with Crippen LogP contribution in [-0.4, -0.2) is 31.1 Å². The van der Waals surface area contributed by atoms with Crippen molar-refractivity contribution < 1.29 is 0 Å². The molecule has 0 amide bonds. The number of hydrogen-bond acceptors (Lipinski definition) is 3. The molecule has 0 saturated carbocycles. The summed E-state index contributed by atoms with van der Waals surface area (Å²) in [7, 11) is 0. The summed E-state index contributed by atoms with van der Waals surface area (Å²) in [6, 6.07) is 4.62. The summed E-state index contributed by atoms with van der Waals surface area (Å²) in [5.41, 5.74) is 0. The summed E-state index contributed by atoms with van der Waals surface area (Å²) in [4.78, 5) is 5.71. The van der Waals surface area contributed by atoms with Crippen molar-refractivity contribution in [1.29, 1.82) is 0 Å². The van der Waals surface area contributed by atoms with Gasteiger partial charge in [0.2, 0.25) is 0 Å². The zero-order valence-corrected chi connectivity index (χ0v) is 14.1. The third-order valence-corrected chi connectivity index (χ3v) is 5.25. The second kappa shape index (κ2) is 8.16. The van der Waals surface area contributed by atoms with E-state index in [1.165, 1.54) is 48.7 Å². The van der Waals surface area contributed by atoms with Crippen molar-refractivity contribution in [2.75, 3.05) is 26.2 Å². The Labute approximate surface area is 128 Å². The van der Waals surface area contributed by atoms with Crippen LogP contribution in [0.2, 0.25) is 0 Å². The minimum atomic E-state index is 0.758. The number of hydrogen-bond donors (Lipinski definition) is 1. The average Bonchev–Trinajstić information content (AvgIpc) is 2.86. The van der Waals surface area contributed by atoms with E-state index in [1.54, 1.807) is 0 Å². The molecule has 1 unspecified atom stereocenters. The molecule has 1 aromatic heterocycles. The summed E-state index contributed by atoms with van der Waals surface area (Å²) in [5, 5.41) is 3.63. The molecule has 1 atom stereocenters. The fourth-order valence-corrected chi connectivity index (χ4v) is 3.96. The molecule has 1 fully saturated rings. The van der Waals surface area contributed by atoms with Crippen LogP contribution < -0.4 is 5.32 Å². The SMILES string of the molecule is CCc1ccc(CN2CCCC(CNCC(C)C)C2)s1. The fraction of sp³-hybridized carbons (Fsp3) is 0.765. The van der Waals surface area contributed by atoms with Gasteiger partial charge in [0.15, 0.2) is 0 Å². The largest absolute Gasteiger partial charge is 0.316 e. The summed E-state index contributed by atoms with van der Waals surface area (Å²) in [6.07, 6.45) is 3.93. The van der Waals surface area contributed by atoms with E-state index in [4.69, 9.17) is 0 Å². The Bertz CT molecular complexity index is 386. The summed E-state index contributed by atoms with van der Waals surface area (Å²) in [6.45, 7) is 12.9. The molecule has 0 aromatic carbocycles. The van der Waals surface area contributed by atoms with Crippen LogP contribution in [0.1, 0.15) is 43.4 Å². The first-order valence-electron chi connectivity index (χ1n) is 8.18. The van der Waals surface area contributed by atoms with Gasteiger partial charge in [0.05, 0.1) is 0 Å². The first-order chi connectivity index (χ1) is 9.67. The maximum absolute atomic E-state index is 3.63. The fourth-order valence-electron chi connectivity index (χ4n) is 2.96. The Balaban J connectivity index is 1.75. The Morgan fingerprint density at radius 2 is 2.15 bits per heavy atom. The van der Waals surface area contributed by atoms with Crippen molar-refractivity contribution in [3.8, 4) is 0 Å². The van der Waals surface area contributed by atoms with Crippen molar-refractivity contribution >= 4 is 11.3 Å². The molecular weight excluding hydrogens is 264 g/mol. The van der Waals surface area contributed by atoms with E-state index in [0.717, 1.165) is 24.9 Å². The molecule has 0 radical (unpaired) electrons. The molecular formula is C17H30N2S. The van der Waals surface area contributed by atoms with Crippen molar-refractivity contribution in [3.05, 3.63) is 21.9 Å². The molecule has 2 nitrogen and oxygen atoms in total. The number of likely N-dealkylation sites (tertiary alicyclic amines) is 1. The molecule has 2 heterocycles. The molecule has 0 spiro atoms. The molecule has 0 bridgehead atoms. The standard InChI is InChI=1S/C17H30N2S/c1-4-16-7-8-17(20-16)13-19-9-5-6-15(12-19)11-18-10-14(2)3/h7-8,14-15,18H,4-6,9-13H2,1-3H3.